The summed E-state index contributed by atoms with van der Waals surface area (Å²) < 4.78 is 15.9. The van der Waals surface area contributed by atoms with Gasteiger partial charge in [0, 0.05) is 64.4 Å². The highest BCUT2D eigenvalue weighted by Gasteiger charge is 2.10. The van der Waals surface area contributed by atoms with Gasteiger partial charge in [-0.3, -0.25) is 5.41 Å². The van der Waals surface area contributed by atoms with Gasteiger partial charge in [-0.15, -0.1) is 0 Å². The predicted octanol–water partition coefficient (Wildman–Crippen LogP) is 3.44. The first kappa shape index (κ1) is 26.3. The molecule has 0 saturated heterocycles. The number of amidine groups is 1. The maximum atomic E-state index is 14.2. The van der Waals surface area contributed by atoms with Gasteiger partial charge in [0.2, 0.25) is 0 Å². The number of allylic oxidation sites excluding steroid dienone is 2. The van der Waals surface area contributed by atoms with Crippen LogP contribution in [0.4, 0.5) is 4.39 Å². The third kappa shape index (κ3) is 7.37. The van der Waals surface area contributed by atoms with E-state index in [1.165, 1.54) is 24.2 Å². The van der Waals surface area contributed by atoms with Crippen LogP contribution in [0.5, 0.6) is 0 Å². The summed E-state index contributed by atoms with van der Waals surface area (Å²) in [7, 11) is 0. The Balaban J connectivity index is 1.88. The number of hydrogen-bond donors (Lipinski definition) is 3. The summed E-state index contributed by atoms with van der Waals surface area (Å²) in [4.78, 5) is 10.6. The number of rotatable bonds is 4. The minimum atomic E-state index is -0.705. The molecule has 2 aliphatic heterocycles. The fourth-order valence-corrected chi connectivity index (χ4v) is 4.59. The van der Waals surface area contributed by atoms with E-state index in [-0.39, 0.29) is 0 Å². The largest absolute Gasteiger partial charge is 0.354 e. The topological polar surface area (TPSA) is 97.4 Å². The van der Waals surface area contributed by atoms with E-state index < -0.39 is 11.7 Å². The Morgan fingerprint density at radius 1 is 1.19 bits per heavy atom. The van der Waals surface area contributed by atoms with Crippen molar-refractivity contribution < 1.29 is 4.39 Å². The molecule has 2 aromatic rings. The lowest BCUT2D eigenvalue weighted by atomic mass is 10.1. The molecule has 8 nitrogen and oxygen atoms in total. The summed E-state index contributed by atoms with van der Waals surface area (Å²) in [5.74, 6) is -1.11. The van der Waals surface area contributed by atoms with Crippen LogP contribution in [0.15, 0.2) is 75.7 Å². The quantitative estimate of drug-likeness (QED) is 0.578. The lowest BCUT2D eigenvalue weighted by Gasteiger charge is -2.19. The molecule has 1 aromatic carbocycles. The molecule has 37 heavy (non-hydrogen) atoms. The van der Waals surface area contributed by atoms with Gasteiger partial charge in [0.25, 0.3) is 0 Å². The summed E-state index contributed by atoms with van der Waals surface area (Å²) >= 11 is 1.45. The van der Waals surface area contributed by atoms with Crippen LogP contribution in [-0.2, 0) is 0 Å². The summed E-state index contributed by atoms with van der Waals surface area (Å²) in [5.41, 5.74) is 5.30. The van der Waals surface area contributed by atoms with Crippen molar-refractivity contribution in [2.75, 3.05) is 26.2 Å². The number of dihydropyridines is 1. The van der Waals surface area contributed by atoms with E-state index in [9.17, 15) is 4.39 Å². The van der Waals surface area contributed by atoms with Gasteiger partial charge < -0.3 is 15.3 Å². The van der Waals surface area contributed by atoms with Crippen LogP contribution in [0.2, 0.25) is 0 Å². The second-order valence-electron chi connectivity index (χ2n) is 8.47. The maximum absolute atomic E-state index is 14.2. The molecule has 3 N–H and O–H groups in total. The predicted molar refractivity (Wildman–Crippen MR) is 151 cm³/mol. The minimum absolute atomic E-state index is 0.403. The van der Waals surface area contributed by atoms with Gasteiger partial charge in [-0.1, -0.05) is 37.8 Å². The highest BCUT2D eigenvalue weighted by molar-refractivity contribution is 7.97. The molecule has 1 aromatic heterocycles. The van der Waals surface area contributed by atoms with Gasteiger partial charge in [0.15, 0.2) is 11.7 Å². The molecule has 0 amide bonds. The zero-order chi connectivity index (χ0) is 26.0. The van der Waals surface area contributed by atoms with E-state index in [1.807, 2.05) is 42.7 Å². The molecule has 0 spiro atoms. The van der Waals surface area contributed by atoms with E-state index in [0.29, 0.717) is 16.3 Å². The van der Waals surface area contributed by atoms with Crippen molar-refractivity contribution in [1.29, 1.82) is 5.41 Å². The number of aromatic nitrogens is 3. The molecular weight excluding hydrogens is 487 g/mol. The zero-order valence-corrected chi connectivity index (χ0v) is 21.6. The van der Waals surface area contributed by atoms with Crippen LogP contribution in [0.3, 0.4) is 0 Å². The van der Waals surface area contributed by atoms with Crippen LogP contribution >= 0.6 is 11.9 Å². The van der Waals surface area contributed by atoms with Crippen molar-refractivity contribution in [3.05, 3.63) is 77.0 Å². The minimum Gasteiger partial charge on any atom is -0.354 e. The number of benzene rings is 1. The van der Waals surface area contributed by atoms with Gasteiger partial charge >= 0.3 is 0 Å². The molecule has 10 heteroatoms. The highest BCUT2D eigenvalue weighted by atomic mass is 32.2. The third-order valence-corrected chi connectivity index (χ3v) is 6.74. The van der Waals surface area contributed by atoms with Crippen molar-refractivity contribution in [2.45, 2.75) is 24.7 Å². The number of nitrogens with zero attached hydrogens (tertiary/aromatic N) is 5. The van der Waals surface area contributed by atoms with Crippen molar-refractivity contribution in [1.82, 2.24) is 24.5 Å². The van der Waals surface area contributed by atoms with E-state index in [2.05, 4.69) is 50.1 Å². The standard InChI is InChI=1S/C27H31FN8S/c1-3-35-13-7-9-21(17-32-31-12-8-14-35)24-19-36(37-23-10-5-4-6-11-23)33-18-26(34-20(24)2)22-15-25(28)27(29)30-16-22/h4-6,9-11,15-19,29,31,34H,2-3,7-8,12-14H2,1H3/b21-9+,24-19?,26-22?,29-27?,32-17?,33-18?. The highest BCUT2D eigenvalue weighted by Crippen LogP contribution is 2.19. The van der Waals surface area contributed by atoms with Crippen molar-refractivity contribution in [3.63, 3.8) is 0 Å². The molecule has 0 atom stereocenters. The second kappa shape index (κ2) is 13.0. The third-order valence-electron chi connectivity index (χ3n) is 5.87. The Bertz CT molecular complexity index is 1400. The fourth-order valence-electron chi connectivity index (χ4n) is 3.84. The molecule has 0 unspecified atom stereocenters. The van der Waals surface area contributed by atoms with Gasteiger partial charge in [-0.2, -0.15) is 10.2 Å². The average Bonchev–Trinajstić information content (AvgIpc) is 2.95. The number of aromatic amines is 1. The Labute approximate surface area is 220 Å². The van der Waals surface area contributed by atoms with Crippen LogP contribution < -0.4 is 16.1 Å². The smallest absolute Gasteiger partial charge is 0.181 e. The molecule has 192 valence electrons. The van der Waals surface area contributed by atoms with Crippen LogP contribution in [0.25, 0.3) is 17.7 Å². The number of hydrazone groups is 1. The fraction of sp³-hybridized carbons (Fsp3) is 0.259. The Morgan fingerprint density at radius 3 is 2.81 bits per heavy atom. The van der Waals surface area contributed by atoms with Gasteiger partial charge in [-0.25, -0.2) is 13.5 Å². The number of nitrogens with one attached hydrogen (secondary N) is 3. The Morgan fingerprint density at radius 2 is 2.03 bits per heavy atom. The molecule has 0 radical (unpaired) electrons. The van der Waals surface area contributed by atoms with E-state index >= 15 is 0 Å². The first-order chi connectivity index (χ1) is 18.0. The SMILES string of the molecule is C=c1[nH]c(=C2C=NC(=N)C(F)=C2)cnn(Sc2ccccc2)cc1/C1=C/CCN(CC)CCCNN=C1. The summed E-state index contributed by atoms with van der Waals surface area (Å²) in [6.45, 7) is 10.2. The van der Waals surface area contributed by atoms with E-state index in [0.717, 1.165) is 55.1 Å². The number of hydrogen-bond acceptors (Lipinski definition) is 6. The van der Waals surface area contributed by atoms with E-state index in [1.54, 1.807) is 10.3 Å². The number of H-pyrrole nitrogens is 1. The van der Waals surface area contributed by atoms with Gasteiger partial charge in [-0.05, 0) is 44.1 Å². The lowest BCUT2D eigenvalue weighted by molar-refractivity contribution is 0.289. The van der Waals surface area contributed by atoms with Crippen molar-refractivity contribution in [2.24, 2.45) is 10.1 Å². The van der Waals surface area contributed by atoms with Gasteiger partial charge in [0.1, 0.15) is 0 Å². The van der Waals surface area contributed by atoms with Crippen LogP contribution in [0.1, 0.15) is 25.3 Å². The molecule has 0 saturated carbocycles. The maximum Gasteiger partial charge on any atom is 0.181 e. The summed E-state index contributed by atoms with van der Waals surface area (Å²) in [6.07, 6.45) is 12.1. The molecule has 0 bridgehead atoms. The zero-order valence-electron chi connectivity index (χ0n) is 20.8. The van der Waals surface area contributed by atoms with Crippen molar-refractivity contribution in [3.8, 4) is 0 Å². The monoisotopic (exact) mass is 518 g/mol. The molecule has 0 aliphatic carbocycles. The molecular formula is C27H31FN8S. The van der Waals surface area contributed by atoms with Crippen molar-refractivity contribution >= 4 is 47.9 Å². The lowest BCUT2D eigenvalue weighted by Crippen LogP contribution is -2.27. The number of aliphatic imine (C=N–C) groups is 1. The molecule has 0 fully saturated rings. The average molecular weight is 519 g/mol. The van der Waals surface area contributed by atoms with Crippen LogP contribution in [0, 0.1) is 5.41 Å². The first-order valence-corrected chi connectivity index (χ1v) is 13.0. The Hall–Kier alpha value is -3.76. The van der Waals surface area contributed by atoms with Gasteiger partial charge in [0.05, 0.1) is 17.8 Å². The first-order valence-electron chi connectivity index (χ1n) is 12.2. The normalized spacial score (nSPS) is 19.8. The Kier molecular flexibility index (Phi) is 9.23. The second-order valence-corrected chi connectivity index (χ2v) is 9.50. The summed E-state index contributed by atoms with van der Waals surface area (Å²) in [5, 5.41) is 17.8. The summed E-state index contributed by atoms with van der Waals surface area (Å²) in [6, 6.07) is 9.93. The van der Waals surface area contributed by atoms with E-state index in [4.69, 9.17) is 5.41 Å². The van der Waals surface area contributed by atoms with Crippen LogP contribution in [-0.4, -0.2) is 63.5 Å². The molecule has 2 aliphatic rings. The number of halogens is 1. The molecule has 3 heterocycles. The molecule has 4 rings (SSSR count).